The van der Waals surface area contributed by atoms with E-state index in [-0.39, 0.29) is 16.5 Å². The Balaban J connectivity index is 1.92. The van der Waals surface area contributed by atoms with Crippen molar-refractivity contribution < 1.29 is 18.0 Å². The van der Waals surface area contributed by atoms with E-state index in [1.807, 2.05) is 25.1 Å². The number of pyridine rings is 1. The molecule has 30 heavy (non-hydrogen) atoms. The van der Waals surface area contributed by atoms with Gasteiger partial charge in [0.05, 0.1) is 16.6 Å². The molecule has 1 heterocycles. The van der Waals surface area contributed by atoms with Crippen molar-refractivity contribution in [3.05, 3.63) is 95.7 Å². The molecule has 0 spiro atoms. The lowest BCUT2D eigenvalue weighted by Crippen LogP contribution is -2.15. The van der Waals surface area contributed by atoms with E-state index in [2.05, 4.69) is 10.3 Å². The molecule has 0 bridgehead atoms. The van der Waals surface area contributed by atoms with Crippen LogP contribution in [0.1, 0.15) is 21.5 Å². The molecule has 0 atom stereocenters. The van der Waals surface area contributed by atoms with Crippen LogP contribution in [0.5, 0.6) is 0 Å². The SMILES string of the molecule is Cc1cccc(NC(=O)c2cnc3c(C(F)(F)F)cccc3c2-c2ccccc2)c1. The first-order valence-corrected chi connectivity index (χ1v) is 9.27. The smallest absolute Gasteiger partial charge is 0.322 e. The average molecular weight is 406 g/mol. The predicted octanol–water partition coefficient (Wildman–Crippen LogP) is 6.48. The molecule has 0 fully saturated rings. The Morgan fingerprint density at radius 2 is 1.67 bits per heavy atom. The number of fused-ring (bicyclic) bond motifs is 1. The van der Waals surface area contributed by atoms with Gasteiger partial charge in [-0.15, -0.1) is 0 Å². The minimum absolute atomic E-state index is 0.184. The van der Waals surface area contributed by atoms with Crippen LogP contribution in [0.2, 0.25) is 0 Å². The normalized spacial score (nSPS) is 11.5. The molecule has 0 saturated carbocycles. The van der Waals surface area contributed by atoms with Gasteiger partial charge in [0, 0.05) is 22.8 Å². The number of aromatic nitrogens is 1. The van der Waals surface area contributed by atoms with Gasteiger partial charge in [-0.25, -0.2) is 0 Å². The van der Waals surface area contributed by atoms with Crippen LogP contribution in [0.15, 0.2) is 79.0 Å². The largest absolute Gasteiger partial charge is 0.418 e. The molecule has 150 valence electrons. The number of halogens is 3. The van der Waals surface area contributed by atoms with Crippen LogP contribution < -0.4 is 5.32 Å². The Hall–Kier alpha value is -3.67. The second kappa shape index (κ2) is 7.63. The Morgan fingerprint density at radius 3 is 2.37 bits per heavy atom. The third-order valence-corrected chi connectivity index (χ3v) is 4.79. The summed E-state index contributed by atoms with van der Waals surface area (Å²) in [6.07, 6.45) is -3.34. The van der Waals surface area contributed by atoms with Gasteiger partial charge in [-0.2, -0.15) is 13.2 Å². The van der Waals surface area contributed by atoms with Crippen molar-refractivity contribution in [2.24, 2.45) is 0 Å². The van der Waals surface area contributed by atoms with E-state index in [4.69, 9.17) is 0 Å². The van der Waals surface area contributed by atoms with E-state index in [0.29, 0.717) is 16.8 Å². The molecule has 6 heteroatoms. The zero-order valence-electron chi connectivity index (χ0n) is 16.0. The fourth-order valence-corrected chi connectivity index (χ4v) is 3.46. The first-order valence-electron chi connectivity index (χ1n) is 9.27. The van der Waals surface area contributed by atoms with Crippen LogP contribution in [0.3, 0.4) is 0 Å². The molecule has 3 aromatic carbocycles. The van der Waals surface area contributed by atoms with E-state index in [9.17, 15) is 18.0 Å². The second-order valence-corrected chi connectivity index (χ2v) is 6.94. The zero-order valence-corrected chi connectivity index (χ0v) is 16.0. The van der Waals surface area contributed by atoms with Crippen LogP contribution in [0.25, 0.3) is 22.0 Å². The molecule has 0 radical (unpaired) electrons. The fourth-order valence-electron chi connectivity index (χ4n) is 3.46. The molecular weight excluding hydrogens is 389 g/mol. The number of carbonyl (C=O) groups excluding carboxylic acids is 1. The lowest BCUT2D eigenvalue weighted by atomic mass is 9.94. The highest BCUT2D eigenvalue weighted by Gasteiger charge is 2.34. The summed E-state index contributed by atoms with van der Waals surface area (Å²) in [5, 5.41) is 3.09. The van der Waals surface area contributed by atoms with Crippen LogP contribution in [0, 0.1) is 6.92 Å². The van der Waals surface area contributed by atoms with Crippen LogP contribution in [0.4, 0.5) is 18.9 Å². The highest BCUT2D eigenvalue weighted by molar-refractivity contribution is 6.13. The van der Waals surface area contributed by atoms with Gasteiger partial charge in [0.2, 0.25) is 0 Å². The fraction of sp³-hybridized carbons (Fsp3) is 0.0833. The molecule has 0 aliphatic rings. The molecule has 4 rings (SSSR count). The highest BCUT2D eigenvalue weighted by atomic mass is 19.4. The second-order valence-electron chi connectivity index (χ2n) is 6.94. The lowest BCUT2D eigenvalue weighted by molar-refractivity contribution is -0.136. The van der Waals surface area contributed by atoms with E-state index < -0.39 is 17.6 Å². The number of nitrogens with zero attached hydrogens (tertiary/aromatic N) is 1. The highest BCUT2D eigenvalue weighted by Crippen LogP contribution is 2.38. The number of alkyl halides is 3. The maximum atomic E-state index is 13.5. The summed E-state index contributed by atoms with van der Waals surface area (Å²) in [4.78, 5) is 17.1. The first kappa shape index (κ1) is 19.6. The molecule has 3 nitrogen and oxygen atoms in total. The maximum Gasteiger partial charge on any atom is 0.418 e. The van der Waals surface area contributed by atoms with Crippen molar-refractivity contribution >= 4 is 22.5 Å². The summed E-state index contributed by atoms with van der Waals surface area (Å²) < 4.78 is 40.6. The lowest BCUT2D eigenvalue weighted by Gasteiger charge is -2.16. The van der Waals surface area contributed by atoms with E-state index in [0.717, 1.165) is 11.6 Å². The summed E-state index contributed by atoms with van der Waals surface area (Å²) in [6.45, 7) is 1.90. The number of benzene rings is 3. The van der Waals surface area contributed by atoms with E-state index >= 15 is 0 Å². The quantitative estimate of drug-likeness (QED) is 0.423. The van der Waals surface area contributed by atoms with Gasteiger partial charge < -0.3 is 5.32 Å². The minimum atomic E-state index is -4.55. The van der Waals surface area contributed by atoms with Crippen molar-refractivity contribution in [1.29, 1.82) is 0 Å². The summed E-state index contributed by atoms with van der Waals surface area (Å²) in [5.41, 5.74) is 1.81. The van der Waals surface area contributed by atoms with Crippen LogP contribution >= 0.6 is 0 Å². The van der Waals surface area contributed by atoms with Gasteiger partial charge in [0.1, 0.15) is 0 Å². The third-order valence-electron chi connectivity index (χ3n) is 4.79. The number of aryl methyl sites for hydroxylation is 1. The van der Waals surface area contributed by atoms with Crippen molar-refractivity contribution in [3.63, 3.8) is 0 Å². The number of carbonyl (C=O) groups is 1. The van der Waals surface area contributed by atoms with Crippen LogP contribution in [-0.4, -0.2) is 10.9 Å². The summed E-state index contributed by atoms with van der Waals surface area (Å²) in [6, 6.07) is 20.1. The number of amides is 1. The van der Waals surface area contributed by atoms with E-state index in [1.165, 1.54) is 12.3 Å². The molecule has 1 aromatic heterocycles. The average Bonchev–Trinajstić information content (AvgIpc) is 2.72. The van der Waals surface area contributed by atoms with Gasteiger partial charge in [-0.05, 0) is 36.2 Å². The number of rotatable bonds is 3. The topological polar surface area (TPSA) is 42.0 Å². The van der Waals surface area contributed by atoms with Gasteiger partial charge in [-0.1, -0.05) is 54.6 Å². The van der Waals surface area contributed by atoms with Gasteiger partial charge in [0.15, 0.2) is 0 Å². The predicted molar refractivity (Wildman–Crippen MR) is 111 cm³/mol. The van der Waals surface area contributed by atoms with Crippen molar-refractivity contribution in [1.82, 2.24) is 4.98 Å². The first-order chi connectivity index (χ1) is 14.3. The standard InChI is InChI=1S/C24H17F3N2O/c1-15-7-5-10-17(13-15)29-23(30)19-14-28-22-18(11-6-12-20(22)24(25,26)27)21(19)16-8-3-2-4-9-16/h2-14H,1H3,(H,29,30). The third kappa shape index (κ3) is 3.76. The number of para-hydroxylation sites is 1. The van der Waals surface area contributed by atoms with Crippen LogP contribution in [-0.2, 0) is 6.18 Å². The Bertz CT molecular complexity index is 1230. The summed E-state index contributed by atoms with van der Waals surface area (Å²) >= 11 is 0. The number of hydrogen-bond acceptors (Lipinski definition) is 2. The number of anilines is 1. The molecular formula is C24H17F3N2O. The molecule has 0 aliphatic carbocycles. The molecule has 0 unspecified atom stereocenters. The zero-order chi connectivity index (χ0) is 21.3. The Kier molecular flexibility index (Phi) is 4.99. The van der Waals surface area contributed by atoms with Crippen molar-refractivity contribution in [2.75, 3.05) is 5.32 Å². The Morgan fingerprint density at radius 1 is 0.933 bits per heavy atom. The van der Waals surface area contributed by atoms with Gasteiger partial charge >= 0.3 is 6.18 Å². The summed E-state index contributed by atoms with van der Waals surface area (Å²) in [7, 11) is 0. The molecule has 4 aromatic rings. The number of hydrogen-bond donors (Lipinski definition) is 1. The van der Waals surface area contributed by atoms with Gasteiger partial charge in [-0.3, -0.25) is 9.78 Å². The Labute approximate surface area is 171 Å². The monoisotopic (exact) mass is 406 g/mol. The molecule has 1 N–H and O–H groups in total. The summed E-state index contributed by atoms with van der Waals surface area (Å²) in [5.74, 6) is -0.439. The van der Waals surface area contributed by atoms with Gasteiger partial charge in [0.25, 0.3) is 5.91 Å². The van der Waals surface area contributed by atoms with E-state index in [1.54, 1.807) is 42.5 Å². The maximum absolute atomic E-state index is 13.5. The molecule has 1 amide bonds. The molecule has 0 aliphatic heterocycles. The van der Waals surface area contributed by atoms with Crippen molar-refractivity contribution in [3.8, 4) is 11.1 Å². The van der Waals surface area contributed by atoms with Crippen molar-refractivity contribution in [2.45, 2.75) is 13.1 Å². The number of nitrogens with one attached hydrogen (secondary N) is 1. The molecule has 0 saturated heterocycles. The minimum Gasteiger partial charge on any atom is -0.322 e.